The summed E-state index contributed by atoms with van der Waals surface area (Å²) in [5, 5.41) is 14.6. The lowest BCUT2D eigenvalue weighted by Crippen LogP contribution is -2.48. The van der Waals surface area contributed by atoms with E-state index in [1.165, 1.54) is 6.07 Å². The fourth-order valence-corrected chi connectivity index (χ4v) is 2.39. The molecule has 2 atom stereocenters. The molecule has 20 heavy (non-hydrogen) atoms. The molecular weight excluding hydrogens is 263 g/mol. The molecule has 1 aromatic rings. The molecule has 0 bridgehead atoms. The van der Waals surface area contributed by atoms with Crippen LogP contribution in [-0.2, 0) is 4.79 Å². The first kappa shape index (κ1) is 14.5. The Balaban J connectivity index is 2.11. The summed E-state index contributed by atoms with van der Waals surface area (Å²) >= 11 is 0. The van der Waals surface area contributed by atoms with Crippen molar-refractivity contribution in [2.24, 2.45) is 5.92 Å². The summed E-state index contributed by atoms with van der Waals surface area (Å²) in [7, 11) is 0. The number of aromatic carboxylic acids is 1. The third-order valence-electron chi connectivity index (χ3n) is 3.52. The summed E-state index contributed by atoms with van der Waals surface area (Å²) in [6.07, 6.45) is 2.00. The van der Waals surface area contributed by atoms with E-state index in [0.717, 1.165) is 31.5 Å². The van der Waals surface area contributed by atoms with Crippen molar-refractivity contribution in [1.82, 2.24) is 5.32 Å². The van der Waals surface area contributed by atoms with Gasteiger partial charge in [-0.3, -0.25) is 4.79 Å². The summed E-state index contributed by atoms with van der Waals surface area (Å²) in [6.45, 7) is 2.77. The van der Waals surface area contributed by atoms with Crippen molar-refractivity contribution in [1.29, 1.82) is 0 Å². The molecule has 1 fully saturated rings. The van der Waals surface area contributed by atoms with Crippen LogP contribution in [0, 0.1) is 11.7 Å². The zero-order chi connectivity index (χ0) is 14.7. The molecule has 0 spiro atoms. The van der Waals surface area contributed by atoms with E-state index in [1.54, 1.807) is 0 Å². The van der Waals surface area contributed by atoms with Crippen molar-refractivity contribution in [3.8, 4) is 0 Å². The molecule has 2 unspecified atom stereocenters. The summed E-state index contributed by atoms with van der Waals surface area (Å²) in [5.41, 5.74) is -0.166. The van der Waals surface area contributed by atoms with E-state index in [1.807, 2.05) is 6.92 Å². The highest BCUT2D eigenvalue weighted by Crippen LogP contribution is 2.19. The lowest BCUT2D eigenvalue weighted by molar-refractivity contribution is -0.119. The SMILES string of the molecule is CC1CCCNC1C(=O)Nc1ccc(F)c(C(=O)O)c1. The van der Waals surface area contributed by atoms with E-state index in [4.69, 9.17) is 5.11 Å². The van der Waals surface area contributed by atoms with Crippen LogP contribution in [0.3, 0.4) is 0 Å². The maximum absolute atomic E-state index is 13.3. The minimum Gasteiger partial charge on any atom is -0.478 e. The molecule has 6 heteroatoms. The summed E-state index contributed by atoms with van der Waals surface area (Å²) in [6, 6.07) is 3.22. The zero-order valence-corrected chi connectivity index (χ0v) is 11.1. The van der Waals surface area contributed by atoms with Crippen LogP contribution < -0.4 is 10.6 Å². The number of hydrogen-bond donors (Lipinski definition) is 3. The Morgan fingerprint density at radius 2 is 2.20 bits per heavy atom. The van der Waals surface area contributed by atoms with Gasteiger partial charge in [0.1, 0.15) is 5.82 Å². The number of benzene rings is 1. The van der Waals surface area contributed by atoms with Crippen molar-refractivity contribution in [3.05, 3.63) is 29.6 Å². The van der Waals surface area contributed by atoms with Crippen LogP contribution in [0.25, 0.3) is 0 Å². The lowest BCUT2D eigenvalue weighted by atomic mass is 9.92. The highest BCUT2D eigenvalue weighted by molar-refractivity contribution is 5.96. The van der Waals surface area contributed by atoms with Crippen LogP contribution in [0.1, 0.15) is 30.1 Å². The number of rotatable bonds is 3. The van der Waals surface area contributed by atoms with Gasteiger partial charge in [-0.1, -0.05) is 6.92 Å². The number of halogens is 1. The normalized spacial score (nSPS) is 22.3. The Bertz CT molecular complexity index is 533. The Kier molecular flexibility index (Phi) is 4.34. The highest BCUT2D eigenvalue weighted by Gasteiger charge is 2.27. The standard InChI is InChI=1S/C14H17FN2O3/c1-8-3-2-6-16-12(8)13(18)17-9-4-5-11(15)10(7-9)14(19)20/h4-5,7-8,12,16H,2-3,6H2,1H3,(H,17,18)(H,19,20). The van der Waals surface area contributed by atoms with Gasteiger partial charge in [-0.15, -0.1) is 0 Å². The van der Waals surface area contributed by atoms with Crippen molar-refractivity contribution in [2.75, 3.05) is 11.9 Å². The second-order valence-electron chi connectivity index (χ2n) is 5.04. The van der Waals surface area contributed by atoms with E-state index in [0.29, 0.717) is 0 Å². The number of carboxylic acid groups (broad SMARTS) is 1. The van der Waals surface area contributed by atoms with Crippen LogP contribution in [0.5, 0.6) is 0 Å². The first-order chi connectivity index (χ1) is 9.49. The van der Waals surface area contributed by atoms with Crippen LogP contribution >= 0.6 is 0 Å². The first-order valence-corrected chi connectivity index (χ1v) is 6.56. The van der Waals surface area contributed by atoms with E-state index in [-0.39, 0.29) is 23.6 Å². The van der Waals surface area contributed by atoms with Gasteiger partial charge in [0, 0.05) is 5.69 Å². The summed E-state index contributed by atoms with van der Waals surface area (Å²) < 4.78 is 13.3. The molecule has 1 amide bonds. The third kappa shape index (κ3) is 3.14. The van der Waals surface area contributed by atoms with Gasteiger partial charge in [-0.2, -0.15) is 0 Å². The number of anilines is 1. The minimum absolute atomic E-state index is 0.211. The quantitative estimate of drug-likeness (QED) is 0.789. The van der Waals surface area contributed by atoms with E-state index < -0.39 is 17.3 Å². The van der Waals surface area contributed by atoms with Crippen LogP contribution in [0.15, 0.2) is 18.2 Å². The molecule has 5 nitrogen and oxygen atoms in total. The molecule has 1 aliphatic heterocycles. The number of amides is 1. The highest BCUT2D eigenvalue weighted by atomic mass is 19.1. The second kappa shape index (κ2) is 6.00. The Hall–Kier alpha value is -1.95. The predicted molar refractivity (Wildman–Crippen MR) is 72.2 cm³/mol. The van der Waals surface area contributed by atoms with E-state index >= 15 is 0 Å². The van der Waals surface area contributed by atoms with E-state index in [2.05, 4.69) is 10.6 Å². The number of carbonyl (C=O) groups excluding carboxylic acids is 1. The van der Waals surface area contributed by atoms with Gasteiger partial charge in [0.2, 0.25) is 5.91 Å². The molecular formula is C14H17FN2O3. The number of carboxylic acids is 1. The van der Waals surface area contributed by atoms with Gasteiger partial charge in [0.25, 0.3) is 0 Å². The smallest absolute Gasteiger partial charge is 0.338 e. The van der Waals surface area contributed by atoms with E-state index in [9.17, 15) is 14.0 Å². The largest absolute Gasteiger partial charge is 0.478 e. The molecule has 1 heterocycles. The van der Waals surface area contributed by atoms with Gasteiger partial charge in [0.05, 0.1) is 11.6 Å². The average molecular weight is 280 g/mol. The van der Waals surface area contributed by atoms with Crippen molar-refractivity contribution >= 4 is 17.6 Å². The van der Waals surface area contributed by atoms with Crippen LogP contribution in [-0.4, -0.2) is 29.6 Å². The maximum Gasteiger partial charge on any atom is 0.338 e. The molecule has 3 N–H and O–H groups in total. The zero-order valence-electron chi connectivity index (χ0n) is 11.1. The molecule has 0 aromatic heterocycles. The topological polar surface area (TPSA) is 78.4 Å². The maximum atomic E-state index is 13.3. The van der Waals surface area contributed by atoms with Gasteiger partial charge in [-0.25, -0.2) is 9.18 Å². The number of piperidine rings is 1. The van der Waals surface area contributed by atoms with Crippen molar-refractivity contribution in [2.45, 2.75) is 25.8 Å². The van der Waals surface area contributed by atoms with Gasteiger partial charge in [0.15, 0.2) is 0 Å². The third-order valence-corrected chi connectivity index (χ3v) is 3.52. The molecule has 1 saturated heterocycles. The Labute approximate surface area is 116 Å². The van der Waals surface area contributed by atoms with Gasteiger partial charge < -0.3 is 15.7 Å². The predicted octanol–water partition coefficient (Wildman–Crippen LogP) is 1.85. The molecule has 1 aliphatic rings. The molecule has 1 aromatic carbocycles. The molecule has 0 saturated carbocycles. The Morgan fingerprint density at radius 3 is 2.85 bits per heavy atom. The summed E-state index contributed by atoms with van der Waals surface area (Å²) in [5.74, 6) is -2.19. The van der Waals surface area contributed by atoms with Crippen molar-refractivity contribution in [3.63, 3.8) is 0 Å². The van der Waals surface area contributed by atoms with Crippen LogP contribution in [0.2, 0.25) is 0 Å². The monoisotopic (exact) mass is 280 g/mol. The van der Waals surface area contributed by atoms with Gasteiger partial charge >= 0.3 is 5.97 Å². The molecule has 108 valence electrons. The number of nitrogens with one attached hydrogen (secondary N) is 2. The fourth-order valence-electron chi connectivity index (χ4n) is 2.39. The van der Waals surface area contributed by atoms with Crippen molar-refractivity contribution < 1.29 is 19.1 Å². The lowest BCUT2D eigenvalue weighted by Gasteiger charge is -2.28. The van der Waals surface area contributed by atoms with Gasteiger partial charge in [-0.05, 0) is 43.5 Å². The summed E-state index contributed by atoms with van der Waals surface area (Å²) in [4.78, 5) is 23.0. The minimum atomic E-state index is -1.36. The fraction of sp³-hybridized carbons (Fsp3) is 0.429. The average Bonchev–Trinajstić information content (AvgIpc) is 2.41. The first-order valence-electron chi connectivity index (χ1n) is 6.56. The second-order valence-corrected chi connectivity index (χ2v) is 5.04. The number of hydrogen-bond acceptors (Lipinski definition) is 3. The molecule has 0 radical (unpaired) electrons. The van der Waals surface area contributed by atoms with Crippen LogP contribution in [0.4, 0.5) is 10.1 Å². The molecule has 2 rings (SSSR count). The molecule has 0 aliphatic carbocycles. The Morgan fingerprint density at radius 1 is 1.45 bits per heavy atom. The number of carbonyl (C=O) groups is 2.